The Labute approximate surface area is 230 Å². The van der Waals surface area contributed by atoms with Gasteiger partial charge in [-0.05, 0) is 59.8 Å². The van der Waals surface area contributed by atoms with Crippen molar-refractivity contribution < 1.29 is 8.78 Å². The number of pyridine rings is 1. The lowest BCUT2D eigenvalue weighted by Crippen LogP contribution is -2.28. The molecule has 4 N–H and O–H groups in total. The van der Waals surface area contributed by atoms with Gasteiger partial charge in [0.1, 0.15) is 11.4 Å². The molecule has 4 heterocycles. The number of alkyl halides is 2. The van der Waals surface area contributed by atoms with Crippen LogP contribution in [0.25, 0.3) is 16.7 Å². The number of halogens is 2. The topological polar surface area (TPSA) is 103 Å². The maximum Gasteiger partial charge on any atom is 0.261 e. The van der Waals surface area contributed by atoms with Crippen molar-refractivity contribution in [3.05, 3.63) is 82.0 Å². The molecule has 0 radical (unpaired) electrons. The molecule has 0 atom stereocenters. The lowest BCUT2D eigenvalue weighted by molar-refractivity contribution is 0.0131. The summed E-state index contributed by atoms with van der Waals surface area (Å²) in [7, 11) is 0. The maximum atomic E-state index is 13.6. The zero-order valence-corrected chi connectivity index (χ0v) is 22.4. The Hall–Kier alpha value is -4.02. The average molecular weight is 546 g/mol. The Morgan fingerprint density at radius 1 is 1.31 bits per heavy atom. The van der Waals surface area contributed by atoms with Crippen molar-refractivity contribution in [2.24, 2.45) is 9.98 Å². The van der Waals surface area contributed by atoms with Crippen molar-refractivity contribution in [2.45, 2.75) is 25.8 Å². The Morgan fingerprint density at radius 2 is 2.15 bits per heavy atom. The molecule has 3 aromatic rings. The lowest BCUT2D eigenvalue weighted by atomic mass is 9.99. The van der Waals surface area contributed by atoms with E-state index < -0.39 is 5.92 Å². The molecule has 200 valence electrons. The normalized spacial score (nSPS) is 17.4. The summed E-state index contributed by atoms with van der Waals surface area (Å²) in [5.41, 5.74) is 13.3. The van der Waals surface area contributed by atoms with E-state index in [0.717, 1.165) is 28.0 Å². The second-order valence-electron chi connectivity index (χ2n) is 9.72. The molecular formula is C29H29F2N7S. The molecule has 0 bridgehead atoms. The van der Waals surface area contributed by atoms with Crippen LogP contribution in [0.4, 0.5) is 20.2 Å². The summed E-state index contributed by atoms with van der Waals surface area (Å²) in [4.78, 5) is 15.0. The van der Waals surface area contributed by atoms with Crippen molar-refractivity contribution >= 4 is 46.5 Å². The highest BCUT2D eigenvalue weighted by Gasteiger charge is 2.37. The van der Waals surface area contributed by atoms with Gasteiger partial charge < -0.3 is 11.1 Å². The van der Waals surface area contributed by atoms with Gasteiger partial charge in [-0.3, -0.25) is 20.3 Å². The molecule has 39 heavy (non-hydrogen) atoms. The van der Waals surface area contributed by atoms with Crippen LogP contribution in [0.3, 0.4) is 0 Å². The molecule has 10 heteroatoms. The third-order valence-electron chi connectivity index (χ3n) is 6.71. The van der Waals surface area contributed by atoms with Crippen LogP contribution in [0.2, 0.25) is 0 Å². The van der Waals surface area contributed by atoms with Crippen molar-refractivity contribution in [3.8, 4) is 11.1 Å². The predicted octanol–water partition coefficient (Wildman–Crippen LogP) is 6.11. The van der Waals surface area contributed by atoms with Gasteiger partial charge in [0.05, 0.1) is 24.5 Å². The predicted molar refractivity (Wildman–Crippen MR) is 157 cm³/mol. The van der Waals surface area contributed by atoms with Crippen molar-refractivity contribution in [2.75, 3.05) is 30.7 Å². The first kappa shape index (κ1) is 26.6. The summed E-state index contributed by atoms with van der Waals surface area (Å²) in [5.74, 6) is -2.26. The zero-order valence-electron chi connectivity index (χ0n) is 21.5. The fraction of sp³-hybridized carbons (Fsp3) is 0.241. The number of fused-ring (bicyclic) bond motifs is 1. The van der Waals surface area contributed by atoms with E-state index in [2.05, 4.69) is 44.5 Å². The maximum absolute atomic E-state index is 13.6. The molecular weight excluding hydrogens is 516 g/mol. The van der Waals surface area contributed by atoms with Crippen LogP contribution in [-0.2, 0) is 6.54 Å². The first-order valence-corrected chi connectivity index (χ1v) is 13.4. The molecule has 0 aliphatic carbocycles. The van der Waals surface area contributed by atoms with E-state index in [9.17, 15) is 8.78 Å². The van der Waals surface area contributed by atoms with Gasteiger partial charge in [-0.1, -0.05) is 23.8 Å². The number of hydrogen-bond acceptors (Lipinski definition) is 8. The minimum absolute atomic E-state index is 0.0758. The number of nitrogens with one attached hydrogen (secondary N) is 2. The van der Waals surface area contributed by atoms with E-state index in [4.69, 9.17) is 11.1 Å². The third kappa shape index (κ3) is 5.86. The van der Waals surface area contributed by atoms with Gasteiger partial charge in [0.15, 0.2) is 5.84 Å². The Balaban J connectivity index is 1.38. The third-order valence-corrected chi connectivity index (χ3v) is 7.39. The van der Waals surface area contributed by atoms with Crippen LogP contribution in [0, 0.1) is 5.41 Å². The second kappa shape index (κ2) is 11.0. The summed E-state index contributed by atoms with van der Waals surface area (Å²) < 4.78 is 27.2. The molecule has 7 nitrogen and oxygen atoms in total. The smallest absolute Gasteiger partial charge is 0.261 e. The van der Waals surface area contributed by atoms with Crippen molar-refractivity contribution in [1.82, 2.24) is 9.88 Å². The van der Waals surface area contributed by atoms with Gasteiger partial charge in [0.2, 0.25) is 0 Å². The summed E-state index contributed by atoms with van der Waals surface area (Å²) in [6, 6.07) is 11.5. The molecule has 5 rings (SSSR count). The van der Waals surface area contributed by atoms with Crippen molar-refractivity contribution in [3.63, 3.8) is 0 Å². The summed E-state index contributed by atoms with van der Waals surface area (Å²) >= 11 is 1.64. The Kier molecular flexibility index (Phi) is 7.49. The molecule has 1 saturated heterocycles. The number of anilines is 2. The number of benzene rings is 1. The molecule has 2 aromatic heterocycles. The minimum Gasteiger partial charge on any atom is -0.397 e. The number of amidine groups is 1. The SMILES string of the molecule is C=N/C=C(\C=C(/C)CN1CCC(F)(F)C1)c1ccc(N)c(C(=N)C2=NCc3c(cccc3-c3ccsc3)N2)n1. The monoisotopic (exact) mass is 545 g/mol. The quantitative estimate of drug-likeness (QED) is 0.235. The minimum atomic E-state index is -2.64. The summed E-state index contributed by atoms with van der Waals surface area (Å²) in [6.45, 7) is 6.39. The second-order valence-corrected chi connectivity index (χ2v) is 10.5. The first-order chi connectivity index (χ1) is 18.7. The van der Waals surface area contributed by atoms with Gasteiger partial charge in [-0.25, -0.2) is 13.8 Å². The largest absolute Gasteiger partial charge is 0.397 e. The van der Waals surface area contributed by atoms with Crippen LogP contribution in [0.1, 0.15) is 30.3 Å². The molecule has 0 amide bonds. The number of nitrogen functional groups attached to an aromatic ring is 1. The molecule has 0 spiro atoms. The van der Waals surface area contributed by atoms with Crippen LogP contribution in [0.15, 0.2) is 75.0 Å². The van der Waals surface area contributed by atoms with Gasteiger partial charge in [-0.15, -0.1) is 0 Å². The van der Waals surface area contributed by atoms with Crippen LogP contribution in [-0.4, -0.2) is 53.7 Å². The van der Waals surface area contributed by atoms with Crippen LogP contribution in [0.5, 0.6) is 0 Å². The fourth-order valence-electron chi connectivity index (χ4n) is 4.85. The van der Waals surface area contributed by atoms with E-state index in [1.807, 2.05) is 30.5 Å². The molecule has 2 aliphatic rings. The highest BCUT2D eigenvalue weighted by atomic mass is 32.1. The first-order valence-electron chi connectivity index (χ1n) is 12.5. The number of aromatic nitrogens is 1. The van der Waals surface area contributed by atoms with Gasteiger partial charge in [0.25, 0.3) is 5.92 Å². The van der Waals surface area contributed by atoms with E-state index >= 15 is 0 Å². The van der Waals surface area contributed by atoms with E-state index in [1.165, 1.54) is 0 Å². The summed E-state index contributed by atoms with van der Waals surface area (Å²) in [5, 5.41) is 16.3. The number of nitrogens with zero attached hydrogens (tertiary/aromatic N) is 4. The standard InChI is InChI=1S/C29H29F2N7S/c1-18(15-38-10-9-29(30,31)17-38)12-20(13-34-2)24-7-6-23(32)27(36-24)26(33)28-35-14-22-21(19-8-11-39-16-19)4-3-5-25(22)37-28/h3-8,11-13,16,33H,2,9-10,14-15,17,32H2,1H3,(H,35,37)/b18-12+,20-13+,33-26?. The number of rotatable bonds is 8. The van der Waals surface area contributed by atoms with E-state index in [0.29, 0.717) is 42.4 Å². The van der Waals surface area contributed by atoms with E-state index in [-0.39, 0.29) is 24.4 Å². The number of aliphatic imine (C=N–C) groups is 2. The molecule has 1 fully saturated rings. The van der Waals surface area contributed by atoms with Crippen LogP contribution >= 0.6 is 11.3 Å². The molecule has 1 aromatic carbocycles. The fourth-order valence-corrected chi connectivity index (χ4v) is 5.51. The molecule has 2 aliphatic heterocycles. The average Bonchev–Trinajstić information content (AvgIpc) is 3.57. The lowest BCUT2D eigenvalue weighted by Gasteiger charge is -2.21. The molecule has 0 unspecified atom stereocenters. The van der Waals surface area contributed by atoms with E-state index in [1.54, 1.807) is 34.6 Å². The highest BCUT2D eigenvalue weighted by molar-refractivity contribution is 7.08. The number of nitrogens with two attached hydrogens (primary N) is 1. The number of allylic oxidation sites excluding steroid dienone is 2. The molecule has 0 saturated carbocycles. The Morgan fingerprint density at radius 3 is 2.87 bits per heavy atom. The van der Waals surface area contributed by atoms with Gasteiger partial charge in [-0.2, -0.15) is 11.3 Å². The van der Waals surface area contributed by atoms with Crippen molar-refractivity contribution in [1.29, 1.82) is 5.41 Å². The highest BCUT2D eigenvalue weighted by Crippen LogP contribution is 2.33. The number of hydrogen-bond donors (Lipinski definition) is 3. The zero-order chi connectivity index (χ0) is 27.6. The number of thiophene rings is 1. The van der Waals surface area contributed by atoms with Gasteiger partial charge >= 0.3 is 0 Å². The Bertz CT molecular complexity index is 1510. The number of likely N-dealkylation sites (tertiary alicyclic amines) is 1. The summed E-state index contributed by atoms with van der Waals surface area (Å²) in [6.07, 6.45) is 3.29. The van der Waals surface area contributed by atoms with Gasteiger partial charge in [0, 0.05) is 42.5 Å². The van der Waals surface area contributed by atoms with Crippen LogP contribution < -0.4 is 11.1 Å².